The zero-order valence-corrected chi connectivity index (χ0v) is 7.63. The molecule has 1 nitrogen and oxygen atoms in total. The Kier molecular flexibility index (Phi) is 4.67. The van der Waals surface area contributed by atoms with Crippen LogP contribution in [0.15, 0.2) is 24.5 Å². The maximum atomic E-state index is 9.98. The average Bonchev–Trinajstić information content (AvgIpc) is 1.87. The largest absolute Gasteiger partial charge is 0.299 e. The highest BCUT2D eigenvalue weighted by atomic mass is 16.2. The molecule has 0 aliphatic carbocycles. The molecule has 1 radical (unpaired) electrons. The molecule has 0 amide bonds. The van der Waals surface area contributed by atoms with Crippen LogP contribution in [0.5, 0.6) is 0 Å². The lowest BCUT2D eigenvalue weighted by Gasteiger charge is -2.18. The molecule has 0 unspecified atom stereocenters. The van der Waals surface area contributed by atoms with E-state index in [1.807, 2.05) is 6.92 Å². The van der Waals surface area contributed by atoms with Crippen LogP contribution in [0, 0.1) is 5.41 Å². The van der Waals surface area contributed by atoms with E-state index in [2.05, 4.69) is 26.0 Å². The van der Waals surface area contributed by atoms with Gasteiger partial charge in [0.1, 0.15) is 6.26 Å². The van der Waals surface area contributed by atoms with E-state index >= 15 is 0 Å². The first-order chi connectivity index (χ1) is 5.12. The maximum Gasteiger partial charge on any atom is 0.138 e. The second-order valence-electron chi connectivity index (χ2n) is 3.40. The van der Waals surface area contributed by atoms with Gasteiger partial charge in [0.05, 0.1) is 0 Å². The summed E-state index contributed by atoms with van der Waals surface area (Å²) in [6, 6.07) is 0. The van der Waals surface area contributed by atoms with E-state index in [9.17, 15) is 5.11 Å². The summed E-state index contributed by atoms with van der Waals surface area (Å²) in [6.45, 7) is 6.36. The molecule has 0 aromatic carbocycles. The van der Waals surface area contributed by atoms with E-state index in [4.69, 9.17) is 0 Å². The molecule has 0 atom stereocenters. The minimum Gasteiger partial charge on any atom is -0.299 e. The predicted octanol–water partition coefficient (Wildman–Crippen LogP) is 3.31. The Bertz CT molecular complexity index is 143. The van der Waals surface area contributed by atoms with Crippen molar-refractivity contribution in [3.63, 3.8) is 0 Å². The molecular formula is C10H17O. The van der Waals surface area contributed by atoms with Crippen LogP contribution in [-0.2, 0) is 5.11 Å². The van der Waals surface area contributed by atoms with Gasteiger partial charge < -0.3 is 0 Å². The summed E-state index contributed by atoms with van der Waals surface area (Å²) in [7, 11) is 0. The van der Waals surface area contributed by atoms with Crippen LogP contribution in [0.4, 0.5) is 0 Å². The summed E-state index contributed by atoms with van der Waals surface area (Å²) >= 11 is 0. The van der Waals surface area contributed by atoms with Gasteiger partial charge in [-0.25, -0.2) is 0 Å². The van der Waals surface area contributed by atoms with Gasteiger partial charge in [-0.3, -0.25) is 5.11 Å². The molecule has 0 N–H and O–H groups in total. The van der Waals surface area contributed by atoms with Crippen molar-refractivity contribution >= 4 is 0 Å². The molecule has 0 saturated carbocycles. The zero-order valence-electron chi connectivity index (χ0n) is 7.63. The standard InChI is InChI=1S/C10H17O/c1-4-7-10(2,3)8-5-6-9-11/h4,6-7,9H,5,8H2,1-3H3. The molecule has 0 bridgehead atoms. The van der Waals surface area contributed by atoms with Gasteiger partial charge in [-0.05, 0) is 31.3 Å². The van der Waals surface area contributed by atoms with Crippen molar-refractivity contribution < 1.29 is 5.11 Å². The first-order valence-electron chi connectivity index (χ1n) is 4.03. The van der Waals surface area contributed by atoms with E-state index in [0.29, 0.717) is 0 Å². The lowest BCUT2D eigenvalue weighted by Crippen LogP contribution is -2.05. The summed E-state index contributed by atoms with van der Waals surface area (Å²) in [5.74, 6) is 0. The molecule has 0 rings (SSSR count). The van der Waals surface area contributed by atoms with Crippen LogP contribution in [0.2, 0.25) is 0 Å². The van der Waals surface area contributed by atoms with Gasteiger partial charge in [-0.15, -0.1) is 0 Å². The summed E-state index contributed by atoms with van der Waals surface area (Å²) in [5.41, 5.74) is 0.230. The lowest BCUT2D eigenvalue weighted by atomic mass is 9.87. The normalized spacial score (nSPS) is 13.4. The Morgan fingerprint density at radius 1 is 1.36 bits per heavy atom. The van der Waals surface area contributed by atoms with Crippen LogP contribution < -0.4 is 0 Å². The van der Waals surface area contributed by atoms with Crippen molar-refractivity contribution in [2.45, 2.75) is 33.6 Å². The molecule has 1 heteroatoms. The van der Waals surface area contributed by atoms with E-state index in [1.165, 1.54) is 0 Å². The van der Waals surface area contributed by atoms with E-state index in [1.54, 1.807) is 6.08 Å². The summed E-state index contributed by atoms with van der Waals surface area (Å²) in [4.78, 5) is 0. The van der Waals surface area contributed by atoms with Crippen molar-refractivity contribution in [2.75, 3.05) is 0 Å². The zero-order chi connectivity index (χ0) is 8.74. The second-order valence-corrected chi connectivity index (χ2v) is 3.40. The van der Waals surface area contributed by atoms with Gasteiger partial charge in [-0.2, -0.15) is 0 Å². The molecule has 0 spiro atoms. The Labute approximate surface area is 69.4 Å². The van der Waals surface area contributed by atoms with Crippen molar-refractivity contribution in [1.82, 2.24) is 0 Å². The molecule has 0 aromatic rings. The van der Waals surface area contributed by atoms with Crippen molar-refractivity contribution in [2.24, 2.45) is 5.41 Å². The first-order valence-corrected chi connectivity index (χ1v) is 4.03. The Morgan fingerprint density at radius 3 is 2.45 bits per heavy atom. The van der Waals surface area contributed by atoms with Gasteiger partial charge in [-0.1, -0.05) is 26.0 Å². The fraction of sp³-hybridized carbons (Fsp3) is 0.600. The number of rotatable bonds is 4. The number of hydrogen-bond acceptors (Lipinski definition) is 0. The molecular weight excluding hydrogens is 136 g/mol. The molecule has 0 aliphatic rings. The van der Waals surface area contributed by atoms with E-state index in [0.717, 1.165) is 19.1 Å². The molecule has 0 aliphatic heterocycles. The van der Waals surface area contributed by atoms with Gasteiger partial charge in [0.15, 0.2) is 0 Å². The van der Waals surface area contributed by atoms with Crippen LogP contribution in [0.3, 0.4) is 0 Å². The third kappa shape index (κ3) is 5.71. The highest BCUT2D eigenvalue weighted by molar-refractivity contribution is 4.93. The van der Waals surface area contributed by atoms with Gasteiger partial charge in [0.25, 0.3) is 0 Å². The Morgan fingerprint density at radius 2 is 2.00 bits per heavy atom. The molecule has 0 fully saturated rings. The van der Waals surface area contributed by atoms with Crippen LogP contribution >= 0.6 is 0 Å². The molecule has 0 saturated heterocycles. The average molecular weight is 153 g/mol. The minimum absolute atomic E-state index is 0.230. The Balaban J connectivity index is 3.72. The maximum absolute atomic E-state index is 9.98. The van der Waals surface area contributed by atoms with Crippen LogP contribution in [0.25, 0.3) is 0 Å². The smallest absolute Gasteiger partial charge is 0.138 e. The quantitative estimate of drug-likeness (QED) is 0.436. The fourth-order valence-corrected chi connectivity index (χ4v) is 1.06. The molecule has 0 aromatic heterocycles. The number of allylic oxidation sites excluding steroid dienone is 3. The monoisotopic (exact) mass is 153 g/mol. The SMILES string of the molecule is CC=CC(C)(C)CCC=C[O]. The van der Waals surface area contributed by atoms with Gasteiger partial charge >= 0.3 is 0 Å². The van der Waals surface area contributed by atoms with Crippen LogP contribution in [-0.4, -0.2) is 0 Å². The lowest BCUT2D eigenvalue weighted by molar-refractivity contribution is 0.347. The van der Waals surface area contributed by atoms with E-state index in [-0.39, 0.29) is 5.41 Å². The van der Waals surface area contributed by atoms with Crippen molar-refractivity contribution in [1.29, 1.82) is 0 Å². The Hall–Kier alpha value is -0.720. The predicted molar refractivity (Wildman–Crippen MR) is 47.7 cm³/mol. The first kappa shape index (κ1) is 10.3. The second kappa shape index (κ2) is 5.00. The topological polar surface area (TPSA) is 19.9 Å². The van der Waals surface area contributed by atoms with Crippen molar-refractivity contribution in [3.05, 3.63) is 24.5 Å². The number of hydrogen-bond donors (Lipinski definition) is 0. The summed E-state index contributed by atoms with van der Waals surface area (Å²) < 4.78 is 0. The fourth-order valence-electron chi connectivity index (χ4n) is 1.06. The summed E-state index contributed by atoms with van der Waals surface area (Å²) in [6.07, 6.45) is 8.68. The molecule has 11 heavy (non-hydrogen) atoms. The van der Waals surface area contributed by atoms with Crippen molar-refractivity contribution in [3.8, 4) is 0 Å². The highest BCUT2D eigenvalue weighted by Gasteiger charge is 2.10. The highest BCUT2D eigenvalue weighted by Crippen LogP contribution is 2.23. The summed E-state index contributed by atoms with van der Waals surface area (Å²) in [5, 5.41) is 9.98. The molecule has 0 heterocycles. The van der Waals surface area contributed by atoms with Gasteiger partial charge in [0, 0.05) is 0 Å². The van der Waals surface area contributed by atoms with Crippen LogP contribution in [0.1, 0.15) is 33.6 Å². The minimum atomic E-state index is 0.230. The van der Waals surface area contributed by atoms with Gasteiger partial charge in [0.2, 0.25) is 0 Å². The third-order valence-electron chi connectivity index (χ3n) is 1.67. The van der Waals surface area contributed by atoms with E-state index < -0.39 is 0 Å². The third-order valence-corrected chi connectivity index (χ3v) is 1.67. The molecule has 63 valence electrons.